The molecule has 1 aromatic rings. The molecule has 0 spiro atoms. The Morgan fingerprint density at radius 2 is 1.90 bits per heavy atom. The second-order valence-corrected chi connectivity index (χ2v) is 7.09. The Morgan fingerprint density at radius 1 is 1.24 bits per heavy atom. The summed E-state index contributed by atoms with van der Waals surface area (Å²) < 4.78 is 6.22. The zero-order chi connectivity index (χ0) is 15.4. The first-order chi connectivity index (χ1) is 9.99. The van der Waals surface area contributed by atoms with Crippen LogP contribution in [0.15, 0.2) is 12.1 Å². The zero-order valence-corrected chi connectivity index (χ0v) is 14.4. The van der Waals surface area contributed by atoms with Crippen LogP contribution >= 0.6 is 23.2 Å². The quantitative estimate of drug-likeness (QED) is 0.802. The lowest BCUT2D eigenvalue weighted by molar-refractivity contribution is 0.134. The maximum Gasteiger partial charge on any atom is 0.141 e. The Bertz CT molecular complexity index is 470. The molecule has 0 heterocycles. The van der Waals surface area contributed by atoms with Crippen molar-refractivity contribution in [2.75, 3.05) is 0 Å². The fourth-order valence-electron chi connectivity index (χ4n) is 2.84. The highest BCUT2D eigenvalue weighted by Crippen LogP contribution is 2.36. The third kappa shape index (κ3) is 4.77. The van der Waals surface area contributed by atoms with Crippen LogP contribution in [0, 0.1) is 5.92 Å². The molecule has 0 aromatic heterocycles. The number of ether oxygens (including phenoxy) is 1. The van der Waals surface area contributed by atoms with Gasteiger partial charge in [0.15, 0.2) is 0 Å². The zero-order valence-electron chi connectivity index (χ0n) is 12.9. The fourth-order valence-corrected chi connectivity index (χ4v) is 3.42. The summed E-state index contributed by atoms with van der Waals surface area (Å²) in [6.07, 6.45) is 6.56. The summed E-state index contributed by atoms with van der Waals surface area (Å²) >= 11 is 12.5. The van der Waals surface area contributed by atoms with E-state index in [0.29, 0.717) is 10.0 Å². The van der Waals surface area contributed by atoms with Gasteiger partial charge in [0.25, 0.3) is 0 Å². The Balaban J connectivity index is 2.16. The molecule has 21 heavy (non-hydrogen) atoms. The van der Waals surface area contributed by atoms with Crippen LogP contribution in [0.1, 0.15) is 51.5 Å². The van der Waals surface area contributed by atoms with Crippen LogP contribution in [-0.4, -0.2) is 12.1 Å². The minimum atomic E-state index is 0.105. The van der Waals surface area contributed by atoms with E-state index in [-0.39, 0.29) is 12.1 Å². The van der Waals surface area contributed by atoms with Crippen LogP contribution in [0.25, 0.3) is 0 Å². The van der Waals surface area contributed by atoms with Crippen LogP contribution in [-0.2, 0) is 6.42 Å². The van der Waals surface area contributed by atoms with Gasteiger partial charge in [0.1, 0.15) is 5.75 Å². The van der Waals surface area contributed by atoms with E-state index in [1.165, 1.54) is 12.8 Å². The SMILES string of the molecule is CCC(N)Cc1cc(Cl)cc(Cl)c1OC1CCC(C)CC1. The van der Waals surface area contributed by atoms with Gasteiger partial charge < -0.3 is 10.5 Å². The molecule has 2 N–H and O–H groups in total. The Morgan fingerprint density at radius 3 is 2.52 bits per heavy atom. The molecular weight excluding hydrogens is 305 g/mol. The molecule has 1 aliphatic rings. The monoisotopic (exact) mass is 329 g/mol. The van der Waals surface area contributed by atoms with E-state index >= 15 is 0 Å². The summed E-state index contributed by atoms with van der Waals surface area (Å²) in [5.74, 6) is 1.59. The average molecular weight is 330 g/mol. The Kier molecular flexibility index (Phi) is 6.21. The van der Waals surface area contributed by atoms with E-state index in [4.69, 9.17) is 33.7 Å². The lowest BCUT2D eigenvalue weighted by Crippen LogP contribution is -2.25. The molecular formula is C17H25Cl2NO. The van der Waals surface area contributed by atoms with Crippen molar-refractivity contribution >= 4 is 23.2 Å². The first kappa shape index (κ1) is 16.9. The van der Waals surface area contributed by atoms with Crippen LogP contribution in [0.5, 0.6) is 5.75 Å². The lowest BCUT2D eigenvalue weighted by atomic mass is 9.89. The van der Waals surface area contributed by atoms with Gasteiger partial charge in [-0.1, -0.05) is 37.0 Å². The van der Waals surface area contributed by atoms with Gasteiger partial charge in [-0.3, -0.25) is 0 Å². The van der Waals surface area contributed by atoms with Gasteiger partial charge in [-0.15, -0.1) is 0 Å². The topological polar surface area (TPSA) is 35.2 Å². The molecule has 1 atom stereocenters. The number of halogens is 2. The molecule has 1 saturated carbocycles. The number of rotatable bonds is 5. The fraction of sp³-hybridized carbons (Fsp3) is 0.647. The molecule has 2 nitrogen and oxygen atoms in total. The second-order valence-electron chi connectivity index (χ2n) is 6.25. The van der Waals surface area contributed by atoms with Gasteiger partial charge in [0.2, 0.25) is 0 Å². The lowest BCUT2D eigenvalue weighted by Gasteiger charge is -2.28. The molecule has 2 rings (SSSR count). The minimum absolute atomic E-state index is 0.105. The van der Waals surface area contributed by atoms with E-state index in [9.17, 15) is 0 Å². The van der Waals surface area contributed by atoms with Crippen molar-refractivity contribution in [2.24, 2.45) is 11.7 Å². The molecule has 1 fully saturated rings. The summed E-state index contributed by atoms with van der Waals surface area (Å²) in [5, 5.41) is 1.24. The van der Waals surface area contributed by atoms with E-state index < -0.39 is 0 Å². The molecule has 1 aromatic carbocycles. The van der Waals surface area contributed by atoms with Crippen LogP contribution in [0.2, 0.25) is 10.0 Å². The van der Waals surface area contributed by atoms with Gasteiger partial charge in [-0.2, -0.15) is 0 Å². The van der Waals surface area contributed by atoms with Crippen molar-refractivity contribution in [3.05, 3.63) is 27.7 Å². The van der Waals surface area contributed by atoms with Gasteiger partial charge >= 0.3 is 0 Å². The maximum absolute atomic E-state index is 6.36. The van der Waals surface area contributed by atoms with Crippen molar-refractivity contribution in [1.82, 2.24) is 0 Å². The van der Waals surface area contributed by atoms with Gasteiger partial charge in [-0.05, 0) is 62.1 Å². The van der Waals surface area contributed by atoms with Crippen molar-refractivity contribution < 1.29 is 4.74 Å². The van der Waals surface area contributed by atoms with E-state index in [0.717, 1.165) is 42.9 Å². The summed E-state index contributed by atoms with van der Waals surface area (Å²) in [7, 11) is 0. The van der Waals surface area contributed by atoms with E-state index in [1.807, 2.05) is 6.07 Å². The average Bonchev–Trinajstić information content (AvgIpc) is 2.44. The summed E-state index contributed by atoms with van der Waals surface area (Å²) in [5.41, 5.74) is 7.11. The van der Waals surface area contributed by atoms with Gasteiger partial charge in [0.05, 0.1) is 11.1 Å². The van der Waals surface area contributed by atoms with E-state index in [2.05, 4.69) is 13.8 Å². The van der Waals surface area contributed by atoms with Gasteiger partial charge in [-0.25, -0.2) is 0 Å². The first-order valence-corrected chi connectivity index (χ1v) is 8.65. The number of benzene rings is 1. The first-order valence-electron chi connectivity index (χ1n) is 7.89. The largest absolute Gasteiger partial charge is 0.489 e. The van der Waals surface area contributed by atoms with Crippen LogP contribution in [0.3, 0.4) is 0 Å². The van der Waals surface area contributed by atoms with Gasteiger partial charge in [0, 0.05) is 11.1 Å². The molecule has 118 valence electrons. The standard InChI is InChI=1S/C17H25Cl2NO/c1-3-14(20)9-12-8-13(18)10-16(19)17(12)21-15-6-4-11(2)5-7-15/h8,10-11,14-15H,3-7,9,20H2,1-2H3. The third-order valence-electron chi connectivity index (χ3n) is 4.34. The Hall–Kier alpha value is -0.440. The van der Waals surface area contributed by atoms with Crippen LogP contribution < -0.4 is 10.5 Å². The number of hydrogen-bond acceptors (Lipinski definition) is 2. The second kappa shape index (κ2) is 7.71. The highest BCUT2D eigenvalue weighted by Gasteiger charge is 2.22. The van der Waals surface area contributed by atoms with Crippen LogP contribution in [0.4, 0.5) is 0 Å². The molecule has 0 amide bonds. The predicted octanol–water partition coefficient (Wildman–Crippen LogP) is 5.23. The minimum Gasteiger partial charge on any atom is -0.489 e. The molecule has 4 heteroatoms. The normalized spacial score (nSPS) is 23.9. The highest BCUT2D eigenvalue weighted by molar-refractivity contribution is 6.35. The van der Waals surface area contributed by atoms with Crippen molar-refractivity contribution in [3.63, 3.8) is 0 Å². The van der Waals surface area contributed by atoms with Crippen molar-refractivity contribution in [3.8, 4) is 5.75 Å². The molecule has 1 unspecified atom stereocenters. The van der Waals surface area contributed by atoms with E-state index in [1.54, 1.807) is 6.07 Å². The summed E-state index contributed by atoms with van der Waals surface area (Å²) in [6, 6.07) is 3.79. The molecule has 0 radical (unpaired) electrons. The summed E-state index contributed by atoms with van der Waals surface area (Å²) in [6.45, 7) is 4.39. The smallest absolute Gasteiger partial charge is 0.141 e. The number of nitrogens with two attached hydrogens (primary N) is 1. The summed E-state index contributed by atoms with van der Waals surface area (Å²) in [4.78, 5) is 0. The Labute approximate surface area is 137 Å². The highest BCUT2D eigenvalue weighted by atomic mass is 35.5. The van der Waals surface area contributed by atoms with Crippen molar-refractivity contribution in [1.29, 1.82) is 0 Å². The molecule has 0 aliphatic heterocycles. The third-order valence-corrected chi connectivity index (χ3v) is 4.84. The predicted molar refractivity (Wildman–Crippen MR) is 90.5 cm³/mol. The number of hydrogen-bond donors (Lipinski definition) is 1. The molecule has 1 aliphatic carbocycles. The maximum atomic E-state index is 6.36. The molecule has 0 bridgehead atoms. The molecule has 0 saturated heterocycles. The van der Waals surface area contributed by atoms with Crippen molar-refractivity contribution in [2.45, 2.75) is 64.5 Å².